The average molecular weight is 350 g/mol. The summed E-state index contributed by atoms with van der Waals surface area (Å²) in [6.07, 6.45) is 0.540. The molecule has 0 spiro atoms. The fourth-order valence-corrected chi connectivity index (χ4v) is 3.24. The Balaban J connectivity index is 1.76. The Morgan fingerprint density at radius 2 is 1.96 bits per heavy atom. The van der Waals surface area contributed by atoms with Crippen LogP contribution in [-0.4, -0.2) is 28.2 Å². The minimum atomic E-state index is -0.839. The Hall–Kier alpha value is -2.84. The van der Waals surface area contributed by atoms with Gasteiger partial charge in [-0.25, -0.2) is 4.79 Å². The van der Waals surface area contributed by atoms with Gasteiger partial charge in [0.15, 0.2) is 0 Å². The number of carbonyl (C=O) groups is 1. The molecule has 134 valence electrons. The molecule has 26 heavy (non-hydrogen) atoms. The Bertz CT molecular complexity index is 794. The molecule has 1 aliphatic heterocycles. The molecule has 5 nitrogen and oxygen atoms in total. The summed E-state index contributed by atoms with van der Waals surface area (Å²) in [6, 6.07) is 18.5. The summed E-state index contributed by atoms with van der Waals surface area (Å²) >= 11 is 0. The predicted octanol–water partition coefficient (Wildman–Crippen LogP) is 3.78. The van der Waals surface area contributed by atoms with Gasteiger partial charge in [0.05, 0.1) is 23.3 Å². The van der Waals surface area contributed by atoms with Gasteiger partial charge < -0.3 is 14.7 Å². The van der Waals surface area contributed by atoms with Crippen molar-refractivity contribution in [2.45, 2.75) is 38.0 Å². The molecular formula is C21H22N2O3. The summed E-state index contributed by atoms with van der Waals surface area (Å²) in [7, 11) is 0. The standard InChI is InChI=1S/C21H22N2O3/c1-21(25)11-12-23(20(24)26-15-17-5-3-2-4-6-17)19(13-21)18-9-7-16(14-22)8-10-18/h2-10,19,25H,11-13,15H2,1H3. The van der Waals surface area contributed by atoms with Crippen LogP contribution >= 0.6 is 0 Å². The number of nitrogens with zero attached hydrogens (tertiary/aromatic N) is 2. The molecule has 2 unspecified atom stereocenters. The van der Waals surface area contributed by atoms with Crippen LogP contribution in [0.25, 0.3) is 0 Å². The lowest BCUT2D eigenvalue weighted by atomic mass is 9.85. The molecule has 0 aromatic heterocycles. The summed E-state index contributed by atoms with van der Waals surface area (Å²) in [5.74, 6) is 0. The highest BCUT2D eigenvalue weighted by Gasteiger charge is 2.38. The van der Waals surface area contributed by atoms with Crippen LogP contribution in [0.3, 0.4) is 0 Å². The van der Waals surface area contributed by atoms with Crippen LogP contribution in [0.5, 0.6) is 0 Å². The first-order valence-electron chi connectivity index (χ1n) is 8.68. The summed E-state index contributed by atoms with van der Waals surface area (Å²) in [6.45, 7) is 2.42. The van der Waals surface area contributed by atoms with Crippen LogP contribution in [0.4, 0.5) is 4.79 Å². The van der Waals surface area contributed by atoms with Gasteiger partial charge in [0.25, 0.3) is 0 Å². The number of nitriles is 1. The number of hydrogen-bond acceptors (Lipinski definition) is 4. The fourth-order valence-electron chi connectivity index (χ4n) is 3.24. The van der Waals surface area contributed by atoms with E-state index in [0.29, 0.717) is 24.9 Å². The van der Waals surface area contributed by atoms with E-state index in [9.17, 15) is 9.90 Å². The van der Waals surface area contributed by atoms with Gasteiger partial charge in [-0.2, -0.15) is 5.26 Å². The third kappa shape index (κ3) is 4.22. The smallest absolute Gasteiger partial charge is 0.410 e. The average Bonchev–Trinajstić information content (AvgIpc) is 2.66. The maximum absolute atomic E-state index is 12.7. The minimum absolute atomic E-state index is 0.215. The van der Waals surface area contributed by atoms with Gasteiger partial charge in [-0.15, -0.1) is 0 Å². The zero-order chi connectivity index (χ0) is 18.6. The van der Waals surface area contributed by atoms with Crippen molar-refractivity contribution in [3.63, 3.8) is 0 Å². The Labute approximate surface area is 153 Å². The van der Waals surface area contributed by atoms with Crippen molar-refractivity contribution in [3.05, 3.63) is 71.3 Å². The molecule has 0 aliphatic carbocycles. The normalized spacial score (nSPS) is 22.5. The summed E-state index contributed by atoms with van der Waals surface area (Å²) < 4.78 is 5.49. The highest BCUT2D eigenvalue weighted by molar-refractivity contribution is 5.68. The van der Waals surface area contributed by atoms with Crippen molar-refractivity contribution in [2.75, 3.05) is 6.54 Å². The number of benzene rings is 2. The molecular weight excluding hydrogens is 328 g/mol. The SMILES string of the molecule is CC1(O)CCN(C(=O)OCc2ccccc2)C(c2ccc(C#N)cc2)C1. The van der Waals surface area contributed by atoms with Crippen LogP contribution < -0.4 is 0 Å². The number of amides is 1. The topological polar surface area (TPSA) is 73.6 Å². The molecule has 5 heteroatoms. The molecule has 2 atom stereocenters. The van der Waals surface area contributed by atoms with E-state index in [-0.39, 0.29) is 12.6 Å². The van der Waals surface area contributed by atoms with Gasteiger partial charge in [-0.3, -0.25) is 0 Å². The van der Waals surface area contributed by atoms with Crippen molar-refractivity contribution in [1.29, 1.82) is 5.26 Å². The molecule has 0 radical (unpaired) electrons. The molecule has 2 aromatic carbocycles. The minimum Gasteiger partial charge on any atom is -0.445 e. The Morgan fingerprint density at radius 1 is 1.27 bits per heavy atom. The largest absolute Gasteiger partial charge is 0.445 e. The van der Waals surface area contributed by atoms with Crippen molar-refractivity contribution >= 4 is 6.09 Å². The molecule has 1 heterocycles. The maximum Gasteiger partial charge on any atom is 0.410 e. The number of rotatable bonds is 3. The first kappa shape index (κ1) is 18.0. The van der Waals surface area contributed by atoms with Gasteiger partial charge in [0.2, 0.25) is 0 Å². The van der Waals surface area contributed by atoms with Crippen LogP contribution in [0, 0.1) is 11.3 Å². The highest BCUT2D eigenvalue weighted by atomic mass is 16.6. The van der Waals surface area contributed by atoms with Crippen molar-refractivity contribution < 1.29 is 14.6 Å². The number of carbonyl (C=O) groups excluding carboxylic acids is 1. The summed E-state index contributed by atoms with van der Waals surface area (Å²) in [5, 5.41) is 19.4. The van der Waals surface area contributed by atoms with Crippen molar-refractivity contribution in [3.8, 4) is 6.07 Å². The van der Waals surface area contributed by atoms with E-state index in [1.54, 1.807) is 24.0 Å². The van der Waals surface area contributed by atoms with E-state index in [1.165, 1.54) is 0 Å². The molecule has 1 aliphatic rings. The summed E-state index contributed by atoms with van der Waals surface area (Å²) in [5.41, 5.74) is 1.55. The van der Waals surface area contributed by atoms with Crippen LogP contribution in [0.2, 0.25) is 0 Å². The van der Waals surface area contributed by atoms with E-state index in [2.05, 4.69) is 6.07 Å². The van der Waals surface area contributed by atoms with Crippen molar-refractivity contribution in [1.82, 2.24) is 4.90 Å². The van der Waals surface area contributed by atoms with Crippen LogP contribution in [-0.2, 0) is 11.3 Å². The van der Waals surface area contributed by atoms with Crippen molar-refractivity contribution in [2.24, 2.45) is 0 Å². The number of piperidine rings is 1. The zero-order valence-electron chi connectivity index (χ0n) is 14.8. The fraction of sp³-hybridized carbons (Fsp3) is 0.333. The van der Waals surface area contributed by atoms with E-state index in [1.807, 2.05) is 42.5 Å². The lowest BCUT2D eigenvalue weighted by molar-refractivity contribution is -0.0330. The van der Waals surface area contributed by atoms with Crippen LogP contribution in [0.1, 0.15) is 42.5 Å². The second-order valence-electron chi connectivity index (χ2n) is 6.93. The van der Waals surface area contributed by atoms with E-state index in [0.717, 1.165) is 11.1 Å². The van der Waals surface area contributed by atoms with Gasteiger partial charge in [-0.05, 0) is 36.6 Å². The number of aliphatic hydroxyl groups is 1. The lowest BCUT2D eigenvalue weighted by Gasteiger charge is -2.42. The molecule has 1 amide bonds. The second kappa shape index (κ2) is 7.59. The molecule has 1 fully saturated rings. The first-order valence-corrected chi connectivity index (χ1v) is 8.68. The quantitative estimate of drug-likeness (QED) is 0.914. The Morgan fingerprint density at radius 3 is 2.62 bits per heavy atom. The van der Waals surface area contributed by atoms with E-state index in [4.69, 9.17) is 10.00 Å². The highest BCUT2D eigenvalue weighted by Crippen LogP contribution is 2.37. The predicted molar refractivity (Wildman–Crippen MR) is 97.1 cm³/mol. The second-order valence-corrected chi connectivity index (χ2v) is 6.93. The monoisotopic (exact) mass is 350 g/mol. The lowest BCUT2D eigenvalue weighted by Crippen LogP contribution is -2.47. The molecule has 1 saturated heterocycles. The molecule has 2 aromatic rings. The molecule has 3 rings (SSSR count). The Kier molecular flexibility index (Phi) is 5.24. The van der Waals surface area contributed by atoms with Gasteiger partial charge >= 0.3 is 6.09 Å². The van der Waals surface area contributed by atoms with E-state index >= 15 is 0 Å². The van der Waals surface area contributed by atoms with E-state index < -0.39 is 11.7 Å². The van der Waals surface area contributed by atoms with Gasteiger partial charge in [0.1, 0.15) is 6.61 Å². The molecule has 1 N–H and O–H groups in total. The third-order valence-corrected chi connectivity index (χ3v) is 4.76. The molecule has 0 bridgehead atoms. The zero-order valence-corrected chi connectivity index (χ0v) is 14.8. The first-order chi connectivity index (χ1) is 12.5. The van der Waals surface area contributed by atoms with Gasteiger partial charge in [-0.1, -0.05) is 42.5 Å². The molecule has 0 saturated carbocycles. The number of likely N-dealkylation sites (tertiary alicyclic amines) is 1. The maximum atomic E-state index is 12.7. The third-order valence-electron chi connectivity index (χ3n) is 4.76. The number of ether oxygens (including phenoxy) is 1. The number of hydrogen-bond donors (Lipinski definition) is 1. The summed E-state index contributed by atoms with van der Waals surface area (Å²) in [4.78, 5) is 14.3. The van der Waals surface area contributed by atoms with Gasteiger partial charge in [0, 0.05) is 13.0 Å². The van der Waals surface area contributed by atoms with Crippen LogP contribution in [0.15, 0.2) is 54.6 Å².